The first-order chi connectivity index (χ1) is 26.5. The zero-order valence-electron chi connectivity index (χ0n) is 29.7. The van der Waals surface area contributed by atoms with Crippen molar-refractivity contribution in [2.45, 2.75) is 6.92 Å². The molecule has 0 aliphatic rings. The molecule has 0 unspecified atom stereocenters. The Morgan fingerprint density at radius 1 is 0.537 bits per heavy atom. The van der Waals surface area contributed by atoms with E-state index in [2.05, 4.69) is 144 Å². The van der Waals surface area contributed by atoms with Crippen LogP contribution in [0.3, 0.4) is 0 Å². The molecule has 0 spiro atoms. The minimum absolute atomic E-state index is 0.0398. The Morgan fingerprint density at radius 3 is 1.91 bits per heavy atom. The molecule has 3 heterocycles. The van der Waals surface area contributed by atoms with Gasteiger partial charge in [-0.3, -0.25) is 4.79 Å². The van der Waals surface area contributed by atoms with E-state index in [1.165, 1.54) is 10.8 Å². The van der Waals surface area contributed by atoms with Crippen LogP contribution in [0.2, 0.25) is 0 Å². The predicted octanol–water partition coefficient (Wildman–Crippen LogP) is 10.9. The average Bonchev–Trinajstić information content (AvgIpc) is 3.71. The smallest absolute Gasteiger partial charge is 0.200 e. The lowest BCUT2D eigenvalue weighted by atomic mass is 10.00. The SMILES string of the molecule is C=c1/c(=C\C=C(/C)c2ccc3oc4cc(-c5ccc6c(c5)c5ccccc5n6-c5ccccc5)ccc4c(=O)c3c2)n(-c2ccccc2)c2ccccc12. The molecule has 0 aliphatic heterocycles. The molecule has 0 aliphatic carbocycles. The minimum atomic E-state index is -0.0398. The summed E-state index contributed by atoms with van der Waals surface area (Å²) in [6.07, 6.45) is 4.22. The first-order valence-corrected chi connectivity index (χ1v) is 18.2. The number of hydrogen-bond donors (Lipinski definition) is 0. The Balaban J connectivity index is 1.04. The fraction of sp³-hybridized carbons (Fsp3) is 0.0200. The van der Waals surface area contributed by atoms with Gasteiger partial charge in [0.25, 0.3) is 0 Å². The molecule has 0 saturated heterocycles. The van der Waals surface area contributed by atoms with E-state index in [0.717, 1.165) is 66.1 Å². The average molecular weight is 695 g/mol. The van der Waals surface area contributed by atoms with Gasteiger partial charge >= 0.3 is 0 Å². The van der Waals surface area contributed by atoms with Crippen molar-refractivity contribution in [1.82, 2.24) is 9.13 Å². The van der Waals surface area contributed by atoms with Crippen molar-refractivity contribution in [3.05, 3.63) is 196 Å². The van der Waals surface area contributed by atoms with Crippen molar-refractivity contribution in [2.75, 3.05) is 0 Å². The molecule has 256 valence electrons. The molecule has 4 nitrogen and oxygen atoms in total. The Morgan fingerprint density at radius 2 is 1.15 bits per heavy atom. The van der Waals surface area contributed by atoms with Crippen LogP contribution >= 0.6 is 0 Å². The number of allylic oxidation sites excluding steroid dienone is 2. The molecule has 7 aromatic carbocycles. The van der Waals surface area contributed by atoms with Gasteiger partial charge in [0, 0.05) is 32.8 Å². The van der Waals surface area contributed by atoms with Crippen molar-refractivity contribution < 1.29 is 4.42 Å². The molecule has 10 rings (SSSR count). The summed E-state index contributed by atoms with van der Waals surface area (Å²) in [6, 6.07) is 56.1. The second kappa shape index (κ2) is 12.5. The van der Waals surface area contributed by atoms with Gasteiger partial charge in [-0.2, -0.15) is 0 Å². The van der Waals surface area contributed by atoms with Crippen LogP contribution < -0.4 is 16.0 Å². The van der Waals surface area contributed by atoms with Crippen LogP contribution in [0.15, 0.2) is 179 Å². The van der Waals surface area contributed by atoms with E-state index in [1.54, 1.807) is 0 Å². The largest absolute Gasteiger partial charge is 0.456 e. The molecule has 0 atom stereocenters. The van der Waals surface area contributed by atoms with Crippen LogP contribution in [0.4, 0.5) is 0 Å². The Kier molecular flexibility index (Phi) is 7.31. The Bertz CT molecular complexity index is 3310. The number of para-hydroxylation sites is 4. The van der Waals surface area contributed by atoms with Crippen LogP contribution in [0.25, 0.3) is 95.4 Å². The quantitative estimate of drug-likeness (QED) is 0.168. The lowest BCUT2D eigenvalue weighted by Crippen LogP contribution is -2.26. The maximum Gasteiger partial charge on any atom is 0.200 e. The van der Waals surface area contributed by atoms with E-state index in [1.807, 2.05) is 54.6 Å². The van der Waals surface area contributed by atoms with E-state index >= 15 is 0 Å². The third-order valence-corrected chi connectivity index (χ3v) is 10.7. The highest BCUT2D eigenvalue weighted by atomic mass is 16.3. The summed E-state index contributed by atoms with van der Waals surface area (Å²) in [6.45, 7) is 6.52. The maximum atomic E-state index is 14.0. The van der Waals surface area contributed by atoms with Crippen LogP contribution in [0, 0.1) is 0 Å². The van der Waals surface area contributed by atoms with Crippen LogP contribution in [-0.2, 0) is 0 Å². The van der Waals surface area contributed by atoms with E-state index < -0.39 is 0 Å². The van der Waals surface area contributed by atoms with Gasteiger partial charge in [0.1, 0.15) is 11.2 Å². The number of hydrogen-bond acceptors (Lipinski definition) is 2. The molecule has 0 saturated carbocycles. The first kappa shape index (κ1) is 31.6. The molecule has 0 fully saturated rings. The molecule has 10 aromatic rings. The maximum absolute atomic E-state index is 14.0. The molecular formula is C50H34N2O2. The fourth-order valence-corrected chi connectivity index (χ4v) is 7.94. The van der Waals surface area contributed by atoms with E-state index in [9.17, 15) is 4.79 Å². The van der Waals surface area contributed by atoms with Crippen molar-refractivity contribution in [3.63, 3.8) is 0 Å². The molecule has 4 heteroatoms. The van der Waals surface area contributed by atoms with Crippen molar-refractivity contribution in [1.29, 1.82) is 0 Å². The standard InChI is InChI=1S/C50H34N2O2/c1-32(21-26-44-33(2)39-17-9-11-19-45(39)51(44)37-13-5-3-6-14-37)34-24-28-48-43(29-34)50(53)41-25-22-36(31-49(41)54-48)35-23-27-47-42(30-35)40-18-10-12-20-46(40)52(47)38-15-7-4-8-16-38/h3-31H,2H2,1H3/b32-21+,44-26+. The molecule has 0 radical (unpaired) electrons. The summed E-state index contributed by atoms with van der Waals surface area (Å²) in [4.78, 5) is 14.0. The van der Waals surface area contributed by atoms with Crippen molar-refractivity contribution >= 4 is 72.9 Å². The van der Waals surface area contributed by atoms with Gasteiger partial charge in [0.05, 0.1) is 32.7 Å². The second-order valence-electron chi connectivity index (χ2n) is 13.8. The van der Waals surface area contributed by atoms with Gasteiger partial charge in [0.15, 0.2) is 0 Å². The van der Waals surface area contributed by atoms with Crippen LogP contribution in [0.1, 0.15) is 12.5 Å². The predicted molar refractivity (Wildman–Crippen MR) is 226 cm³/mol. The number of rotatable bonds is 5. The summed E-state index contributed by atoms with van der Waals surface area (Å²) < 4.78 is 11.0. The monoisotopic (exact) mass is 694 g/mol. The minimum Gasteiger partial charge on any atom is -0.456 e. The Hall–Kier alpha value is -7.17. The normalized spacial score (nSPS) is 12.5. The molecule has 0 bridgehead atoms. The zero-order valence-corrected chi connectivity index (χ0v) is 29.7. The number of nitrogens with zero attached hydrogens (tertiary/aromatic N) is 2. The highest BCUT2D eigenvalue weighted by molar-refractivity contribution is 6.10. The Labute approximate surface area is 311 Å². The van der Waals surface area contributed by atoms with Gasteiger partial charge < -0.3 is 13.6 Å². The zero-order chi connectivity index (χ0) is 36.3. The van der Waals surface area contributed by atoms with Gasteiger partial charge in [-0.25, -0.2) is 0 Å². The van der Waals surface area contributed by atoms with Gasteiger partial charge in [-0.15, -0.1) is 0 Å². The highest BCUT2D eigenvalue weighted by Crippen LogP contribution is 2.35. The molecule has 0 amide bonds. The summed E-state index contributed by atoms with van der Waals surface area (Å²) in [7, 11) is 0. The van der Waals surface area contributed by atoms with E-state index in [4.69, 9.17) is 4.42 Å². The van der Waals surface area contributed by atoms with Crippen LogP contribution in [0.5, 0.6) is 0 Å². The number of aromatic nitrogens is 2. The van der Waals surface area contributed by atoms with Gasteiger partial charge in [-0.1, -0.05) is 104 Å². The molecule has 3 aromatic heterocycles. The lowest BCUT2D eigenvalue weighted by molar-refractivity contribution is 0.660. The summed E-state index contributed by atoms with van der Waals surface area (Å²) in [5.74, 6) is 0. The summed E-state index contributed by atoms with van der Waals surface area (Å²) in [5, 5.41) is 6.60. The molecular weight excluding hydrogens is 661 g/mol. The van der Waals surface area contributed by atoms with Gasteiger partial charge in [0.2, 0.25) is 5.43 Å². The van der Waals surface area contributed by atoms with E-state index in [0.29, 0.717) is 21.9 Å². The topological polar surface area (TPSA) is 40.1 Å². The fourth-order valence-electron chi connectivity index (χ4n) is 7.94. The summed E-state index contributed by atoms with van der Waals surface area (Å²) in [5.41, 5.74) is 10.8. The van der Waals surface area contributed by atoms with Crippen LogP contribution in [-0.4, -0.2) is 9.13 Å². The van der Waals surface area contributed by atoms with Gasteiger partial charge in [-0.05, 0) is 108 Å². The highest BCUT2D eigenvalue weighted by Gasteiger charge is 2.15. The molecule has 0 N–H and O–H groups in total. The second-order valence-corrected chi connectivity index (χ2v) is 13.8. The number of fused-ring (bicyclic) bond motifs is 6. The number of benzene rings is 7. The molecule has 54 heavy (non-hydrogen) atoms. The lowest BCUT2D eigenvalue weighted by Gasteiger charge is -2.09. The summed E-state index contributed by atoms with van der Waals surface area (Å²) >= 11 is 0. The van der Waals surface area contributed by atoms with Crippen molar-refractivity contribution in [3.8, 4) is 22.5 Å². The van der Waals surface area contributed by atoms with Crippen molar-refractivity contribution in [2.24, 2.45) is 0 Å². The third kappa shape index (κ3) is 5.03. The van der Waals surface area contributed by atoms with E-state index in [-0.39, 0.29) is 5.43 Å². The first-order valence-electron chi connectivity index (χ1n) is 18.2. The third-order valence-electron chi connectivity index (χ3n) is 10.7.